The van der Waals surface area contributed by atoms with Crippen LogP contribution in [0, 0.1) is 5.82 Å². The number of carbonyl (C=O) groups is 1. The molecule has 1 atom stereocenters. The minimum Gasteiger partial charge on any atom is -0.508 e. The maximum absolute atomic E-state index is 12.0. The molecule has 36 heavy (non-hydrogen) atoms. The Hall–Kier alpha value is -4.64. The van der Waals surface area contributed by atoms with Gasteiger partial charge in [-0.25, -0.2) is 29.8 Å². The Morgan fingerprint density at radius 3 is 2.69 bits per heavy atom. The minimum absolute atomic E-state index is 0.153. The van der Waals surface area contributed by atoms with Crippen LogP contribution in [0.15, 0.2) is 70.8 Å². The number of phenols is 1. The molecule has 11 heteroatoms. The van der Waals surface area contributed by atoms with E-state index in [2.05, 4.69) is 25.7 Å². The fourth-order valence-electron chi connectivity index (χ4n) is 4.00. The monoisotopic (exact) mass is 486 g/mol. The van der Waals surface area contributed by atoms with Crippen LogP contribution in [0.1, 0.15) is 29.8 Å². The van der Waals surface area contributed by atoms with Gasteiger partial charge in [-0.1, -0.05) is 30.3 Å². The third kappa shape index (κ3) is 4.64. The fourth-order valence-corrected chi connectivity index (χ4v) is 4.00. The molecule has 3 aromatic rings. The second-order valence-corrected chi connectivity index (χ2v) is 8.29. The van der Waals surface area contributed by atoms with Gasteiger partial charge < -0.3 is 16.2 Å². The molecule has 3 aliphatic rings. The molecule has 0 spiro atoms. The van der Waals surface area contributed by atoms with E-state index in [0.717, 1.165) is 5.56 Å². The Kier molecular flexibility index (Phi) is 6.13. The lowest BCUT2D eigenvalue weighted by Crippen LogP contribution is -2.39. The fraction of sp³-hybridized carbons (Fsp3) is 0.160. The zero-order valence-corrected chi connectivity index (χ0v) is 19.3. The second kappa shape index (κ2) is 9.55. The first-order chi connectivity index (χ1) is 17.4. The predicted octanol–water partition coefficient (Wildman–Crippen LogP) is 2.82. The van der Waals surface area contributed by atoms with E-state index in [4.69, 9.17) is 10.7 Å². The molecule has 0 saturated carbocycles. The SMILES string of the molecule is C[C@H]1C(=O)Nc2nc(C3=CN4NCN=C4C(Cc4cccc(O)c4)=N3)nc(N)c21.Fc1ccccc1. The number of nitrogens with one attached hydrogen (secondary N) is 2. The van der Waals surface area contributed by atoms with Crippen molar-refractivity contribution in [1.82, 2.24) is 20.4 Å². The molecule has 3 aliphatic heterocycles. The zero-order chi connectivity index (χ0) is 25.2. The number of nitrogens with two attached hydrogens (primary N) is 1. The number of fused-ring (bicyclic) bond motifs is 2. The van der Waals surface area contributed by atoms with Crippen molar-refractivity contribution in [1.29, 1.82) is 0 Å². The van der Waals surface area contributed by atoms with Gasteiger partial charge in [0.2, 0.25) is 5.91 Å². The lowest BCUT2D eigenvalue weighted by molar-refractivity contribution is -0.116. The van der Waals surface area contributed by atoms with Crippen LogP contribution in [0.5, 0.6) is 5.75 Å². The normalized spacial score (nSPS) is 17.7. The van der Waals surface area contributed by atoms with Crippen LogP contribution < -0.4 is 16.5 Å². The Morgan fingerprint density at radius 2 is 1.97 bits per heavy atom. The summed E-state index contributed by atoms with van der Waals surface area (Å²) in [7, 11) is 0. The van der Waals surface area contributed by atoms with Crippen LogP contribution in [-0.4, -0.2) is 44.2 Å². The minimum atomic E-state index is -0.386. The number of hydrazine groups is 1. The topological polar surface area (TPSA) is 141 Å². The molecule has 0 saturated heterocycles. The van der Waals surface area contributed by atoms with E-state index in [1.165, 1.54) is 12.1 Å². The van der Waals surface area contributed by atoms with Crippen molar-refractivity contribution in [3.8, 4) is 5.75 Å². The van der Waals surface area contributed by atoms with E-state index in [9.17, 15) is 14.3 Å². The van der Waals surface area contributed by atoms with Crippen molar-refractivity contribution in [3.63, 3.8) is 0 Å². The summed E-state index contributed by atoms with van der Waals surface area (Å²) in [5, 5.41) is 14.3. The molecule has 0 unspecified atom stereocenters. The maximum atomic E-state index is 12.0. The number of anilines is 2. The third-order valence-corrected chi connectivity index (χ3v) is 5.75. The molecule has 0 aliphatic carbocycles. The van der Waals surface area contributed by atoms with Crippen LogP contribution in [0.4, 0.5) is 16.0 Å². The molecule has 6 rings (SSSR count). The van der Waals surface area contributed by atoms with Gasteiger partial charge in [0.25, 0.3) is 0 Å². The average molecular weight is 487 g/mol. The highest BCUT2D eigenvalue weighted by molar-refractivity contribution is 6.43. The molecule has 1 aromatic heterocycles. The Balaban J connectivity index is 0.000000330. The van der Waals surface area contributed by atoms with Gasteiger partial charge in [-0.15, -0.1) is 0 Å². The van der Waals surface area contributed by atoms with Crippen LogP contribution in [-0.2, 0) is 11.2 Å². The lowest BCUT2D eigenvalue weighted by atomic mass is 10.1. The number of hydrogen-bond acceptors (Lipinski definition) is 9. The lowest BCUT2D eigenvalue weighted by Gasteiger charge is -2.22. The van der Waals surface area contributed by atoms with Gasteiger partial charge in [0.05, 0.1) is 17.8 Å². The third-order valence-electron chi connectivity index (χ3n) is 5.75. The van der Waals surface area contributed by atoms with Crippen LogP contribution in [0.25, 0.3) is 5.70 Å². The van der Waals surface area contributed by atoms with Crippen molar-refractivity contribution in [2.75, 3.05) is 17.7 Å². The standard InChI is InChI=1S/C19H18N8O2.C6H5F/c1-9-14-15(20)24-16(25-17(14)26-19(9)29)13-7-27-18(21-8-22-27)12(23-13)6-10-3-2-4-11(28)5-10;7-6-4-2-1-3-5-6/h2-5,7,9,22,28H,6,8H2,1H3,(H3,20,24,25,26,29);1-5H/t9-;/m1./s1. The summed E-state index contributed by atoms with van der Waals surface area (Å²) in [5.74, 6) is 1.17. The summed E-state index contributed by atoms with van der Waals surface area (Å²) in [6.07, 6.45) is 2.22. The number of phenolic OH excluding ortho intramolecular Hbond substituents is 1. The maximum Gasteiger partial charge on any atom is 0.233 e. The molecule has 1 amide bonds. The summed E-state index contributed by atoms with van der Waals surface area (Å²) in [5.41, 5.74) is 12.0. The summed E-state index contributed by atoms with van der Waals surface area (Å²) in [6.45, 7) is 2.20. The summed E-state index contributed by atoms with van der Waals surface area (Å²) < 4.78 is 11.9. The van der Waals surface area contributed by atoms with E-state index in [-0.39, 0.29) is 29.2 Å². The highest BCUT2D eigenvalue weighted by Gasteiger charge is 2.33. The highest BCUT2D eigenvalue weighted by Crippen LogP contribution is 2.35. The van der Waals surface area contributed by atoms with Gasteiger partial charge in [0.1, 0.15) is 35.6 Å². The van der Waals surface area contributed by atoms with Crippen molar-refractivity contribution >= 4 is 34.8 Å². The van der Waals surface area contributed by atoms with E-state index in [1.54, 1.807) is 54.5 Å². The van der Waals surface area contributed by atoms with Crippen LogP contribution in [0.3, 0.4) is 0 Å². The number of aliphatic imine (C=N–C) groups is 2. The number of aromatic hydroxyl groups is 1. The van der Waals surface area contributed by atoms with E-state index < -0.39 is 0 Å². The average Bonchev–Trinajstić information content (AvgIpc) is 3.44. The Bertz CT molecular complexity index is 1420. The van der Waals surface area contributed by atoms with E-state index in [0.29, 0.717) is 47.5 Å². The number of benzene rings is 2. The largest absolute Gasteiger partial charge is 0.508 e. The molecule has 182 valence electrons. The van der Waals surface area contributed by atoms with Gasteiger partial charge >= 0.3 is 0 Å². The van der Waals surface area contributed by atoms with Crippen molar-refractivity contribution in [3.05, 3.63) is 83.6 Å². The molecular formula is C25H23FN8O2. The van der Waals surface area contributed by atoms with E-state index in [1.807, 2.05) is 6.07 Å². The first-order valence-electron chi connectivity index (χ1n) is 11.2. The number of amidine groups is 1. The van der Waals surface area contributed by atoms with Crippen molar-refractivity contribution in [2.24, 2.45) is 9.98 Å². The molecule has 5 N–H and O–H groups in total. The number of hydrogen-bond donors (Lipinski definition) is 4. The van der Waals surface area contributed by atoms with Gasteiger partial charge in [-0.3, -0.25) is 9.80 Å². The second-order valence-electron chi connectivity index (χ2n) is 8.29. The van der Waals surface area contributed by atoms with Gasteiger partial charge in [-0.05, 0) is 36.8 Å². The van der Waals surface area contributed by atoms with Crippen molar-refractivity contribution in [2.45, 2.75) is 19.3 Å². The van der Waals surface area contributed by atoms with Crippen LogP contribution in [0.2, 0.25) is 0 Å². The van der Waals surface area contributed by atoms with Gasteiger partial charge in [0, 0.05) is 12.0 Å². The summed E-state index contributed by atoms with van der Waals surface area (Å²) in [4.78, 5) is 30.0. The number of nitrogens with zero attached hydrogens (tertiary/aromatic N) is 5. The molecule has 0 radical (unpaired) electrons. The first-order valence-corrected chi connectivity index (χ1v) is 11.2. The number of aromatic nitrogens is 2. The summed E-state index contributed by atoms with van der Waals surface area (Å²) >= 11 is 0. The summed E-state index contributed by atoms with van der Waals surface area (Å²) in [6, 6.07) is 14.9. The number of rotatable bonds is 3. The molecule has 2 aromatic carbocycles. The number of amides is 1. The number of nitrogen functional groups attached to an aromatic ring is 1. The zero-order valence-electron chi connectivity index (χ0n) is 19.3. The van der Waals surface area contributed by atoms with Gasteiger partial charge in [-0.2, -0.15) is 0 Å². The quantitative estimate of drug-likeness (QED) is 0.446. The smallest absolute Gasteiger partial charge is 0.233 e. The predicted molar refractivity (Wildman–Crippen MR) is 134 cm³/mol. The van der Waals surface area contributed by atoms with E-state index >= 15 is 0 Å². The number of halogens is 1. The Labute approximate surface area is 206 Å². The molecular weight excluding hydrogens is 463 g/mol. The van der Waals surface area contributed by atoms with Crippen molar-refractivity contribution < 1.29 is 14.3 Å². The highest BCUT2D eigenvalue weighted by atomic mass is 19.1. The molecule has 4 heterocycles. The molecule has 10 nitrogen and oxygen atoms in total. The first kappa shape index (κ1) is 23.1. The van der Waals surface area contributed by atoms with Gasteiger partial charge in [0.15, 0.2) is 11.7 Å². The molecule has 0 bridgehead atoms. The number of carbonyl (C=O) groups excluding carboxylic acids is 1. The molecule has 0 fully saturated rings. The Morgan fingerprint density at radius 1 is 1.17 bits per heavy atom. The van der Waals surface area contributed by atoms with Crippen LogP contribution >= 0.6 is 0 Å².